The monoisotopic (exact) mass is 329 g/mol. The highest BCUT2D eigenvalue weighted by molar-refractivity contribution is 5.78. The molecule has 3 aromatic carbocycles. The first-order valence-corrected chi connectivity index (χ1v) is 8.70. The lowest BCUT2D eigenvalue weighted by molar-refractivity contribution is 0.0891. The van der Waals surface area contributed by atoms with Gasteiger partial charge in [-0.05, 0) is 34.4 Å². The summed E-state index contributed by atoms with van der Waals surface area (Å²) in [6.45, 7) is 1.31. The van der Waals surface area contributed by atoms with E-state index in [1.54, 1.807) is 0 Å². The molecule has 124 valence electrons. The smallest absolute Gasteiger partial charge is 0.161 e. The van der Waals surface area contributed by atoms with E-state index in [2.05, 4.69) is 53.8 Å². The van der Waals surface area contributed by atoms with Crippen LogP contribution in [0, 0.1) is 0 Å². The second-order valence-electron chi connectivity index (χ2n) is 6.51. The first-order valence-electron chi connectivity index (χ1n) is 8.70. The molecule has 3 nitrogen and oxygen atoms in total. The van der Waals surface area contributed by atoms with E-state index in [4.69, 9.17) is 9.47 Å². The normalized spacial score (nSPS) is 17.8. The highest BCUT2D eigenvalue weighted by Gasteiger charge is 2.29. The molecule has 0 saturated heterocycles. The molecule has 0 saturated carbocycles. The summed E-state index contributed by atoms with van der Waals surface area (Å²) >= 11 is 0. The molecule has 1 aliphatic carbocycles. The second-order valence-corrected chi connectivity index (χ2v) is 6.51. The molecule has 3 aromatic rings. The molecule has 25 heavy (non-hydrogen) atoms. The van der Waals surface area contributed by atoms with Crippen LogP contribution in [0.3, 0.4) is 0 Å². The van der Waals surface area contributed by atoms with Crippen LogP contribution in [0.5, 0.6) is 11.5 Å². The SMILES string of the molecule is c1ccc2c(c1)OCC(CNC1c3ccccc3-c3ccccc31)O2. The van der Waals surface area contributed by atoms with E-state index in [9.17, 15) is 0 Å². The van der Waals surface area contributed by atoms with Crippen molar-refractivity contribution in [1.82, 2.24) is 5.32 Å². The number of hydrogen-bond donors (Lipinski definition) is 1. The Kier molecular flexibility index (Phi) is 3.46. The predicted molar refractivity (Wildman–Crippen MR) is 98.1 cm³/mol. The number of benzene rings is 3. The molecular weight excluding hydrogens is 310 g/mol. The van der Waals surface area contributed by atoms with E-state index in [-0.39, 0.29) is 12.1 Å². The van der Waals surface area contributed by atoms with E-state index in [1.165, 1.54) is 22.3 Å². The van der Waals surface area contributed by atoms with Crippen molar-refractivity contribution in [3.05, 3.63) is 83.9 Å². The lowest BCUT2D eigenvalue weighted by atomic mass is 10.1. The fourth-order valence-electron chi connectivity index (χ4n) is 3.79. The maximum Gasteiger partial charge on any atom is 0.161 e. The Morgan fingerprint density at radius 1 is 0.760 bits per heavy atom. The molecule has 0 spiro atoms. The van der Waals surface area contributed by atoms with Crippen LogP contribution in [0.2, 0.25) is 0 Å². The van der Waals surface area contributed by atoms with Gasteiger partial charge in [-0.2, -0.15) is 0 Å². The van der Waals surface area contributed by atoms with Gasteiger partial charge in [0.15, 0.2) is 11.5 Å². The van der Waals surface area contributed by atoms with Crippen molar-refractivity contribution in [2.24, 2.45) is 0 Å². The average molecular weight is 329 g/mol. The molecule has 0 radical (unpaired) electrons. The van der Waals surface area contributed by atoms with Gasteiger partial charge in [0.05, 0.1) is 6.04 Å². The van der Waals surface area contributed by atoms with Crippen LogP contribution < -0.4 is 14.8 Å². The van der Waals surface area contributed by atoms with Crippen LogP contribution in [0.4, 0.5) is 0 Å². The maximum absolute atomic E-state index is 6.08. The third kappa shape index (κ3) is 2.48. The molecule has 3 heteroatoms. The lowest BCUT2D eigenvalue weighted by Gasteiger charge is -2.28. The summed E-state index contributed by atoms with van der Waals surface area (Å²) in [5.74, 6) is 1.66. The molecule has 1 aliphatic heterocycles. The van der Waals surface area contributed by atoms with Crippen molar-refractivity contribution in [3.63, 3.8) is 0 Å². The summed E-state index contributed by atoms with van der Waals surface area (Å²) in [5, 5.41) is 3.69. The summed E-state index contributed by atoms with van der Waals surface area (Å²) in [6.07, 6.45) is 0.00910. The summed E-state index contributed by atoms with van der Waals surface area (Å²) in [4.78, 5) is 0. The molecule has 1 N–H and O–H groups in total. The summed E-state index contributed by atoms with van der Waals surface area (Å²) in [5.41, 5.74) is 5.31. The minimum atomic E-state index is 0.00910. The Balaban J connectivity index is 1.37. The van der Waals surface area contributed by atoms with Gasteiger partial charge in [0.2, 0.25) is 0 Å². The number of nitrogens with one attached hydrogen (secondary N) is 1. The number of fused-ring (bicyclic) bond motifs is 4. The summed E-state index contributed by atoms with van der Waals surface area (Å²) in [6, 6.07) is 25.3. The Morgan fingerprint density at radius 3 is 2.08 bits per heavy atom. The van der Waals surface area contributed by atoms with E-state index in [1.807, 2.05) is 24.3 Å². The first kappa shape index (κ1) is 14.6. The van der Waals surface area contributed by atoms with Gasteiger partial charge < -0.3 is 14.8 Å². The van der Waals surface area contributed by atoms with Crippen LogP contribution in [-0.2, 0) is 0 Å². The zero-order chi connectivity index (χ0) is 16.6. The van der Waals surface area contributed by atoms with Gasteiger partial charge in [-0.1, -0.05) is 60.7 Å². The molecule has 0 aromatic heterocycles. The molecule has 0 bridgehead atoms. The van der Waals surface area contributed by atoms with Crippen molar-refractivity contribution in [1.29, 1.82) is 0 Å². The highest BCUT2D eigenvalue weighted by atomic mass is 16.6. The van der Waals surface area contributed by atoms with Crippen LogP contribution in [-0.4, -0.2) is 19.3 Å². The summed E-state index contributed by atoms with van der Waals surface area (Å²) < 4.78 is 11.9. The number of rotatable bonds is 3. The third-order valence-electron chi connectivity index (χ3n) is 4.95. The van der Waals surface area contributed by atoms with Crippen molar-refractivity contribution in [3.8, 4) is 22.6 Å². The fourth-order valence-corrected chi connectivity index (χ4v) is 3.79. The highest BCUT2D eigenvalue weighted by Crippen LogP contribution is 2.43. The van der Waals surface area contributed by atoms with Gasteiger partial charge in [0.1, 0.15) is 12.7 Å². The van der Waals surface area contributed by atoms with Crippen molar-refractivity contribution < 1.29 is 9.47 Å². The number of hydrogen-bond acceptors (Lipinski definition) is 3. The van der Waals surface area contributed by atoms with Gasteiger partial charge in [-0.15, -0.1) is 0 Å². The maximum atomic E-state index is 6.08. The standard InChI is InChI=1S/C22H19NO2/c1-3-9-18-16(7-1)17-8-2-4-10-19(17)22(18)23-13-15-14-24-20-11-5-6-12-21(20)25-15/h1-12,15,22-23H,13-14H2. The molecule has 5 rings (SSSR count). The summed E-state index contributed by atoms with van der Waals surface area (Å²) in [7, 11) is 0. The van der Waals surface area contributed by atoms with Crippen LogP contribution in [0.25, 0.3) is 11.1 Å². The van der Waals surface area contributed by atoms with Crippen LogP contribution >= 0.6 is 0 Å². The zero-order valence-electron chi connectivity index (χ0n) is 13.8. The largest absolute Gasteiger partial charge is 0.486 e. The number of para-hydroxylation sites is 2. The molecule has 1 atom stereocenters. The Morgan fingerprint density at radius 2 is 1.36 bits per heavy atom. The van der Waals surface area contributed by atoms with Crippen molar-refractivity contribution in [2.45, 2.75) is 12.1 Å². The van der Waals surface area contributed by atoms with Gasteiger partial charge in [-0.3, -0.25) is 0 Å². The second kappa shape index (κ2) is 5.94. The van der Waals surface area contributed by atoms with Gasteiger partial charge in [0.25, 0.3) is 0 Å². The third-order valence-corrected chi connectivity index (χ3v) is 4.95. The Bertz CT molecular complexity index is 876. The minimum Gasteiger partial charge on any atom is -0.486 e. The quantitative estimate of drug-likeness (QED) is 0.782. The Labute approximate surface area is 147 Å². The molecule has 1 unspecified atom stereocenters. The molecule has 1 heterocycles. The van der Waals surface area contributed by atoms with Crippen LogP contribution in [0.1, 0.15) is 17.2 Å². The minimum absolute atomic E-state index is 0.00910. The van der Waals surface area contributed by atoms with Crippen molar-refractivity contribution in [2.75, 3.05) is 13.2 Å². The van der Waals surface area contributed by atoms with Gasteiger partial charge >= 0.3 is 0 Å². The average Bonchev–Trinajstić information content (AvgIpc) is 3.00. The zero-order valence-corrected chi connectivity index (χ0v) is 13.8. The van der Waals surface area contributed by atoms with Gasteiger partial charge in [0, 0.05) is 6.54 Å². The fraction of sp³-hybridized carbons (Fsp3) is 0.182. The molecule has 2 aliphatic rings. The molecule has 0 fully saturated rings. The van der Waals surface area contributed by atoms with Crippen LogP contribution in [0.15, 0.2) is 72.8 Å². The number of ether oxygens (including phenoxy) is 2. The van der Waals surface area contributed by atoms with Crippen molar-refractivity contribution >= 4 is 0 Å². The van der Waals surface area contributed by atoms with E-state index >= 15 is 0 Å². The van der Waals surface area contributed by atoms with E-state index in [0.29, 0.717) is 6.61 Å². The van der Waals surface area contributed by atoms with E-state index < -0.39 is 0 Å². The first-order chi connectivity index (χ1) is 12.4. The molecular formula is C22H19NO2. The van der Waals surface area contributed by atoms with Gasteiger partial charge in [-0.25, -0.2) is 0 Å². The predicted octanol–water partition coefficient (Wildman–Crippen LogP) is 4.19. The topological polar surface area (TPSA) is 30.5 Å². The molecule has 0 amide bonds. The Hall–Kier alpha value is -2.78. The van der Waals surface area contributed by atoms with E-state index in [0.717, 1.165) is 18.0 Å². The lowest BCUT2D eigenvalue weighted by Crippen LogP contribution is -2.39.